The molecule has 0 saturated heterocycles. The highest BCUT2D eigenvalue weighted by Gasteiger charge is 2.39. The van der Waals surface area contributed by atoms with Gasteiger partial charge in [0.05, 0.1) is 30.1 Å². The summed E-state index contributed by atoms with van der Waals surface area (Å²) in [7, 11) is 0. The fraction of sp³-hybridized carbons (Fsp3) is 0.476. The smallest absolute Gasteiger partial charge is 0.255 e. The molecule has 2 aliphatic carbocycles. The molecule has 2 aliphatic rings. The van der Waals surface area contributed by atoms with Gasteiger partial charge in [-0.3, -0.25) is 19.0 Å². The number of hydrogen-bond donors (Lipinski definition) is 1. The first-order valence-corrected chi connectivity index (χ1v) is 10.1. The van der Waals surface area contributed by atoms with Gasteiger partial charge in [0.25, 0.3) is 5.91 Å². The number of halogens is 1. The summed E-state index contributed by atoms with van der Waals surface area (Å²) in [5.74, 6) is 0.0927. The van der Waals surface area contributed by atoms with E-state index in [4.69, 9.17) is 0 Å². The van der Waals surface area contributed by atoms with Crippen LogP contribution in [-0.2, 0) is 19.4 Å². The first-order valence-electron chi connectivity index (χ1n) is 10.1. The molecule has 2 heterocycles. The molecule has 1 fully saturated rings. The number of nitrogens with one attached hydrogen (secondary N) is 1. The molecule has 1 N–H and O–H groups in total. The summed E-state index contributed by atoms with van der Waals surface area (Å²) in [6.45, 7) is 0.156. The van der Waals surface area contributed by atoms with Crippen molar-refractivity contribution in [3.8, 4) is 0 Å². The molecule has 1 unspecified atom stereocenters. The minimum absolute atomic E-state index is 0.0927. The van der Waals surface area contributed by atoms with Gasteiger partial charge in [0.15, 0.2) is 0 Å². The van der Waals surface area contributed by atoms with E-state index in [0.717, 1.165) is 43.0 Å². The molecule has 0 spiro atoms. The second-order valence-corrected chi connectivity index (χ2v) is 7.86. The normalized spacial score (nSPS) is 19.0. The molecule has 3 aromatic rings. The van der Waals surface area contributed by atoms with Gasteiger partial charge < -0.3 is 4.90 Å². The fourth-order valence-electron chi connectivity index (χ4n) is 4.43. The van der Waals surface area contributed by atoms with Crippen LogP contribution < -0.4 is 0 Å². The Balaban J connectivity index is 1.46. The maximum atomic E-state index is 13.6. The van der Waals surface area contributed by atoms with E-state index >= 15 is 0 Å². The molecule has 1 amide bonds. The highest BCUT2D eigenvalue weighted by molar-refractivity contribution is 6.06. The number of fused-ring (bicyclic) bond motifs is 2. The van der Waals surface area contributed by atoms with Crippen LogP contribution >= 0.6 is 0 Å². The van der Waals surface area contributed by atoms with E-state index in [-0.39, 0.29) is 18.6 Å². The van der Waals surface area contributed by atoms with E-state index in [1.807, 2.05) is 24.4 Å². The number of carbonyl (C=O) groups is 1. The first kappa shape index (κ1) is 17.4. The van der Waals surface area contributed by atoms with E-state index < -0.39 is 0 Å². The number of aromatic nitrogens is 4. The average molecular weight is 381 g/mol. The van der Waals surface area contributed by atoms with E-state index in [1.54, 1.807) is 10.9 Å². The minimum Gasteiger partial charge on any atom is -0.332 e. The van der Waals surface area contributed by atoms with Crippen molar-refractivity contribution in [3.05, 3.63) is 47.4 Å². The van der Waals surface area contributed by atoms with Gasteiger partial charge >= 0.3 is 0 Å². The number of H-pyrrole nitrogens is 1. The number of benzene rings is 1. The molecule has 7 heteroatoms. The lowest BCUT2D eigenvalue weighted by molar-refractivity contribution is 0.0645. The summed E-state index contributed by atoms with van der Waals surface area (Å²) < 4.78 is 14.4. The van der Waals surface area contributed by atoms with Crippen LogP contribution in [-0.4, -0.2) is 49.5 Å². The standard InChI is InChI=1S/C21H24FN5O/c22-9-2-10-26-20-4-1-3-17(18(20)13-24-26)21(28)27(15-5-6-15)16-7-8-19-14(11-16)12-23-25-19/h1,3-4,12-13,15-16H,2,5-11H2,(H,23,25). The molecule has 0 bridgehead atoms. The van der Waals surface area contributed by atoms with Crippen molar-refractivity contribution in [2.75, 3.05) is 6.67 Å². The number of aryl methyl sites for hydroxylation is 2. The summed E-state index contributed by atoms with van der Waals surface area (Å²) >= 11 is 0. The number of rotatable bonds is 6. The van der Waals surface area contributed by atoms with Crippen LogP contribution in [0.15, 0.2) is 30.6 Å². The second-order valence-electron chi connectivity index (χ2n) is 7.86. The summed E-state index contributed by atoms with van der Waals surface area (Å²) in [6, 6.07) is 6.30. The molecule has 0 aliphatic heterocycles. The summed E-state index contributed by atoms with van der Waals surface area (Å²) in [6.07, 6.45) is 8.98. The molecule has 1 atom stereocenters. The zero-order valence-corrected chi connectivity index (χ0v) is 15.8. The van der Waals surface area contributed by atoms with Crippen molar-refractivity contribution in [1.82, 2.24) is 24.9 Å². The molecule has 146 valence electrons. The van der Waals surface area contributed by atoms with E-state index in [9.17, 15) is 9.18 Å². The molecule has 0 radical (unpaired) electrons. The lowest BCUT2D eigenvalue weighted by atomic mass is 9.91. The third-order valence-electron chi connectivity index (χ3n) is 5.98. The Hall–Kier alpha value is -2.70. The molecular weight excluding hydrogens is 357 g/mol. The molecule has 28 heavy (non-hydrogen) atoms. The summed E-state index contributed by atoms with van der Waals surface area (Å²) in [5, 5.41) is 12.5. The number of nitrogens with zero attached hydrogens (tertiary/aromatic N) is 4. The molecule has 5 rings (SSSR count). The lowest BCUT2D eigenvalue weighted by Gasteiger charge is -2.34. The van der Waals surface area contributed by atoms with Crippen LogP contribution in [0.25, 0.3) is 10.9 Å². The quantitative estimate of drug-likeness (QED) is 0.713. The summed E-state index contributed by atoms with van der Waals surface area (Å²) in [4.78, 5) is 15.7. The average Bonchev–Trinajstić information content (AvgIpc) is 3.28. The number of amides is 1. The van der Waals surface area contributed by atoms with E-state index in [2.05, 4.69) is 20.2 Å². The van der Waals surface area contributed by atoms with Crippen LogP contribution in [0, 0.1) is 0 Å². The highest BCUT2D eigenvalue weighted by Crippen LogP contribution is 2.35. The SMILES string of the molecule is O=C(c1cccc2c1cnn2CCCF)N(C1CC1)C1CCc2[nH]ncc2C1. The van der Waals surface area contributed by atoms with Crippen LogP contribution in [0.3, 0.4) is 0 Å². The fourth-order valence-corrected chi connectivity index (χ4v) is 4.43. The predicted octanol–water partition coefficient (Wildman–Crippen LogP) is 3.28. The van der Waals surface area contributed by atoms with Gasteiger partial charge in [-0.2, -0.15) is 10.2 Å². The molecular formula is C21H24FN5O. The van der Waals surface area contributed by atoms with Crippen molar-refractivity contribution in [3.63, 3.8) is 0 Å². The lowest BCUT2D eigenvalue weighted by Crippen LogP contribution is -2.44. The predicted molar refractivity (Wildman–Crippen MR) is 104 cm³/mol. The second kappa shape index (κ2) is 7.04. The van der Waals surface area contributed by atoms with Crippen molar-refractivity contribution >= 4 is 16.8 Å². The molecule has 6 nitrogen and oxygen atoms in total. The van der Waals surface area contributed by atoms with Crippen molar-refractivity contribution in [2.24, 2.45) is 0 Å². The van der Waals surface area contributed by atoms with Crippen molar-refractivity contribution < 1.29 is 9.18 Å². The van der Waals surface area contributed by atoms with Gasteiger partial charge in [-0.25, -0.2) is 0 Å². The van der Waals surface area contributed by atoms with Crippen LogP contribution in [0.1, 0.15) is 47.3 Å². The van der Waals surface area contributed by atoms with Gasteiger partial charge in [0, 0.05) is 29.7 Å². The Morgan fingerprint density at radius 1 is 1.25 bits per heavy atom. The van der Waals surface area contributed by atoms with Gasteiger partial charge in [-0.05, 0) is 56.2 Å². The third-order valence-corrected chi connectivity index (χ3v) is 5.98. The highest BCUT2D eigenvalue weighted by atomic mass is 19.1. The minimum atomic E-state index is -0.368. The Morgan fingerprint density at radius 2 is 2.14 bits per heavy atom. The van der Waals surface area contributed by atoms with Gasteiger partial charge in [0.1, 0.15) is 0 Å². The monoisotopic (exact) mass is 381 g/mol. The summed E-state index contributed by atoms with van der Waals surface area (Å²) in [5.41, 5.74) is 4.03. The Morgan fingerprint density at radius 3 is 2.96 bits per heavy atom. The maximum Gasteiger partial charge on any atom is 0.255 e. The zero-order valence-electron chi connectivity index (χ0n) is 15.8. The van der Waals surface area contributed by atoms with E-state index in [1.165, 1.54) is 11.3 Å². The largest absolute Gasteiger partial charge is 0.332 e. The third kappa shape index (κ3) is 2.99. The topological polar surface area (TPSA) is 66.8 Å². The van der Waals surface area contributed by atoms with Crippen LogP contribution in [0.5, 0.6) is 0 Å². The van der Waals surface area contributed by atoms with Gasteiger partial charge in [-0.15, -0.1) is 0 Å². The van der Waals surface area contributed by atoms with Gasteiger partial charge in [0.2, 0.25) is 0 Å². The maximum absolute atomic E-state index is 13.6. The Labute approximate surface area is 162 Å². The Bertz CT molecular complexity index is 1010. The van der Waals surface area contributed by atoms with Gasteiger partial charge in [-0.1, -0.05) is 6.07 Å². The van der Waals surface area contributed by atoms with Crippen molar-refractivity contribution in [2.45, 2.75) is 57.2 Å². The molecule has 2 aromatic heterocycles. The molecule has 1 saturated carbocycles. The number of alkyl halides is 1. The first-order chi connectivity index (χ1) is 13.8. The molecule has 1 aromatic carbocycles. The van der Waals surface area contributed by atoms with Crippen LogP contribution in [0.4, 0.5) is 4.39 Å². The Kier molecular flexibility index (Phi) is 4.37. The number of carbonyl (C=O) groups excluding carboxylic acids is 1. The van der Waals surface area contributed by atoms with E-state index in [0.29, 0.717) is 24.6 Å². The van der Waals surface area contributed by atoms with Crippen LogP contribution in [0.2, 0.25) is 0 Å². The zero-order chi connectivity index (χ0) is 19.1. The number of hydrogen-bond acceptors (Lipinski definition) is 3. The number of aromatic amines is 1. The van der Waals surface area contributed by atoms with Crippen molar-refractivity contribution in [1.29, 1.82) is 0 Å².